The maximum atomic E-state index is 13.9. The van der Waals surface area contributed by atoms with Crippen LogP contribution in [0.3, 0.4) is 0 Å². The molecular formula is C25H27ClF3N3O3. The van der Waals surface area contributed by atoms with E-state index in [1.54, 1.807) is 38.4 Å². The minimum atomic E-state index is -4.68. The van der Waals surface area contributed by atoms with E-state index in [4.69, 9.17) is 16.3 Å². The van der Waals surface area contributed by atoms with Gasteiger partial charge in [0.25, 0.3) is 5.91 Å². The van der Waals surface area contributed by atoms with Crippen molar-refractivity contribution in [1.29, 1.82) is 0 Å². The molecule has 2 aliphatic rings. The summed E-state index contributed by atoms with van der Waals surface area (Å²) in [7, 11) is 4.81. The Morgan fingerprint density at radius 1 is 1.23 bits per heavy atom. The van der Waals surface area contributed by atoms with Gasteiger partial charge >= 0.3 is 6.18 Å². The first-order valence-corrected chi connectivity index (χ1v) is 11.7. The Morgan fingerprint density at radius 3 is 2.60 bits per heavy atom. The van der Waals surface area contributed by atoms with Gasteiger partial charge in [-0.05, 0) is 31.0 Å². The molecule has 2 atom stereocenters. The number of nitrogens with one attached hydrogen (secondary N) is 1. The number of carbonyl (C=O) groups excluding carboxylic acids is 2. The summed E-state index contributed by atoms with van der Waals surface area (Å²) >= 11 is 6.16. The van der Waals surface area contributed by atoms with Gasteiger partial charge in [0.1, 0.15) is 5.75 Å². The number of anilines is 1. The van der Waals surface area contributed by atoms with E-state index in [0.29, 0.717) is 29.8 Å². The molecule has 0 saturated carbocycles. The predicted octanol–water partition coefficient (Wildman–Crippen LogP) is 4.90. The summed E-state index contributed by atoms with van der Waals surface area (Å²) < 4.78 is 46.4. The van der Waals surface area contributed by atoms with Crippen LogP contribution < -0.4 is 10.1 Å². The van der Waals surface area contributed by atoms with Crippen LogP contribution in [0.1, 0.15) is 42.4 Å². The topological polar surface area (TPSA) is 61.9 Å². The molecule has 2 aromatic carbocycles. The molecule has 0 radical (unpaired) electrons. The number of hydrogen-bond donors (Lipinski definition) is 1. The normalized spacial score (nSPS) is 22.5. The van der Waals surface area contributed by atoms with E-state index in [1.807, 2.05) is 4.90 Å². The second-order valence-electron chi connectivity index (χ2n) is 9.08. The van der Waals surface area contributed by atoms with Gasteiger partial charge in [-0.2, -0.15) is 13.2 Å². The summed E-state index contributed by atoms with van der Waals surface area (Å²) in [4.78, 5) is 30.1. The lowest BCUT2D eigenvalue weighted by Crippen LogP contribution is -2.58. The van der Waals surface area contributed by atoms with Crippen LogP contribution in [0.25, 0.3) is 0 Å². The molecule has 2 heterocycles. The number of benzene rings is 2. The molecule has 0 bridgehead atoms. The average molecular weight is 510 g/mol. The average Bonchev–Trinajstić information content (AvgIpc) is 3.09. The number of methoxy groups -OCH3 is 1. The second-order valence-corrected chi connectivity index (χ2v) is 9.48. The van der Waals surface area contributed by atoms with Crippen LogP contribution in [-0.2, 0) is 21.3 Å². The van der Waals surface area contributed by atoms with Gasteiger partial charge in [-0.1, -0.05) is 36.2 Å². The number of likely N-dealkylation sites (tertiary alicyclic amines) is 1. The number of amides is 2. The molecule has 0 aromatic heterocycles. The van der Waals surface area contributed by atoms with Crippen molar-refractivity contribution in [1.82, 2.24) is 9.80 Å². The van der Waals surface area contributed by atoms with Crippen LogP contribution in [0.15, 0.2) is 36.4 Å². The molecule has 0 spiro atoms. The van der Waals surface area contributed by atoms with E-state index < -0.39 is 28.2 Å². The van der Waals surface area contributed by atoms with Crippen LogP contribution in [0.5, 0.6) is 5.75 Å². The zero-order valence-corrected chi connectivity index (χ0v) is 20.5. The van der Waals surface area contributed by atoms with E-state index in [2.05, 4.69) is 5.32 Å². The molecule has 188 valence electrons. The van der Waals surface area contributed by atoms with E-state index in [0.717, 1.165) is 18.9 Å². The third-order valence-corrected chi connectivity index (χ3v) is 7.16. The lowest BCUT2D eigenvalue weighted by Gasteiger charge is -2.47. The predicted molar refractivity (Wildman–Crippen MR) is 127 cm³/mol. The molecule has 1 fully saturated rings. The highest BCUT2D eigenvalue weighted by Crippen LogP contribution is 2.52. The highest BCUT2D eigenvalue weighted by atomic mass is 35.5. The Bertz CT molecular complexity index is 1150. The number of ether oxygens (including phenoxy) is 1. The van der Waals surface area contributed by atoms with Gasteiger partial charge in [-0.15, -0.1) is 0 Å². The van der Waals surface area contributed by atoms with Crippen LogP contribution >= 0.6 is 11.6 Å². The Labute approximate surface area is 207 Å². The van der Waals surface area contributed by atoms with Crippen molar-refractivity contribution in [3.05, 3.63) is 58.1 Å². The molecule has 2 aliphatic heterocycles. The molecule has 4 rings (SSSR count). The molecular weight excluding hydrogens is 483 g/mol. The summed E-state index contributed by atoms with van der Waals surface area (Å²) in [5, 5.41) is 2.19. The highest BCUT2D eigenvalue weighted by Gasteiger charge is 2.57. The van der Waals surface area contributed by atoms with Crippen molar-refractivity contribution in [2.45, 2.75) is 43.4 Å². The van der Waals surface area contributed by atoms with Crippen LogP contribution in [-0.4, -0.2) is 55.4 Å². The van der Waals surface area contributed by atoms with Gasteiger partial charge in [0, 0.05) is 49.9 Å². The van der Waals surface area contributed by atoms with Crippen molar-refractivity contribution < 1.29 is 27.5 Å². The molecule has 35 heavy (non-hydrogen) atoms. The number of carbonyl (C=O) groups is 2. The van der Waals surface area contributed by atoms with E-state index >= 15 is 0 Å². The summed E-state index contributed by atoms with van der Waals surface area (Å²) in [6.07, 6.45) is -2.22. The number of hydrogen-bond acceptors (Lipinski definition) is 4. The maximum Gasteiger partial charge on any atom is 0.417 e. The highest BCUT2D eigenvalue weighted by molar-refractivity contribution is 6.32. The molecule has 10 heteroatoms. The summed E-state index contributed by atoms with van der Waals surface area (Å²) in [5.74, 6) is -0.187. The molecule has 6 nitrogen and oxygen atoms in total. The number of nitrogens with zero attached hydrogens (tertiary/aromatic N) is 2. The summed E-state index contributed by atoms with van der Waals surface area (Å²) in [5.41, 5.74) is -1.70. The molecule has 1 saturated heterocycles. The smallest absolute Gasteiger partial charge is 0.417 e. The third-order valence-electron chi connectivity index (χ3n) is 6.84. The Kier molecular flexibility index (Phi) is 6.76. The first kappa shape index (κ1) is 25.3. The quantitative estimate of drug-likeness (QED) is 0.623. The fraction of sp³-hybridized carbons (Fsp3) is 0.440. The van der Waals surface area contributed by atoms with Gasteiger partial charge in [-0.25, -0.2) is 0 Å². The van der Waals surface area contributed by atoms with Crippen molar-refractivity contribution in [2.24, 2.45) is 0 Å². The third kappa shape index (κ3) is 4.25. The lowest BCUT2D eigenvalue weighted by molar-refractivity contribution is -0.137. The van der Waals surface area contributed by atoms with Crippen LogP contribution in [0.2, 0.25) is 5.02 Å². The van der Waals surface area contributed by atoms with Crippen LogP contribution in [0, 0.1) is 0 Å². The Balaban J connectivity index is 1.99. The minimum Gasteiger partial charge on any atom is -0.496 e. The number of rotatable bonds is 5. The van der Waals surface area contributed by atoms with Crippen molar-refractivity contribution in [3.8, 4) is 5.75 Å². The molecule has 2 amide bonds. The summed E-state index contributed by atoms with van der Waals surface area (Å²) in [6, 6.07) is 8.74. The van der Waals surface area contributed by atoms with Crippen molar-refractivity contribution in [2.75, 3.05) is 33.1 Å². The van der Waals surface area contributed by atoms with Gasteiger partial charge in [0.05, 0.1) is 17.7 Å². The number of para-hydroxylation sites is 1. The fourth-order valence-corrected chi connectivity index (χ4v) is 5.49. The van der Waals surface area contributed by atoms with E-state index in [1.165, 1.54) is 18.1 Å². The van der Waals surface area contributed by atoms with E-state index in [-0.39, 0.29) is 24.1 Å². The number of alkyl halides is 3. The second kappa shape index (κ2) is 9.35. The number of fused-ring (bicyclic) bond motifs is 1. The van der Waals surface area contributed by atoms with Crippen molar-refractivity contribution >= 4 is 29.1 Å². The largest absolute Gasteiger partial charge is 0.496 e. The standard InChI is InChI=1S/C25H27ClF3N3O3/c1-31(2)22(33)12-15-8-6-7-11-32(15)24(16-9-4-5-10-21(16)35-3)18-13-19(26)17(25(27,28)29)14-20(18)30-23(24)34/h4-5,9-10,13-15H,6-8,11-12H2,1-3H3,(H,30,34)/t15-,24?/m0/s1. The van der Waals surface area contributed by atoms with Gasteiger partial charge in [-0.3, -0.25) is 14.5 Å². The zero-order valence-electron chi connectivity index (χ0n) is 19.7. The monoisotopic (exact) mass is 509 g/mol. The van der Waals surface area contributed by atoms with Gasteiger partial charge in [0.15, 0.2) is 5.54 Å². The fourth-order valence-electron chi connectivity index (χ4n) is 5.22. The first-order valence-electron chi connectivity index (χ1n) is 11.3. The molecule has 0 aliphatic carbocycles. The zero-order chi connectivity index (χ0) is 25.5. The number of piperidine rings is 1. The Hall–Kier alpha value is -2.78. The Morgan fingerprint density at radius 2 is 1.94 bits per heavy atom. The molecule has 2 aromatic rings. The van der Waals surface area contributed by atoms with E-state index in [9.17, 15) is 22.8 Å². The van der Waals surface area contributed by atoms with Gasteiger partial charge < -0.3 is 15.0 Å². The minimum absolute atomic E-state index is 0.0425. The lowest BCUT2D eigenvalue weighted by atomic mass is 9.78. The van der Waals surface area contributed by atoms with Crippen LogP contribution in [0.4, 0.5) is 18.9 Å². The summed E-state index contributed by atoms with van der Waals surface area (Å²) in [6.45, 7) is 0.467. The van der Waals surface area contributed by atoms with Crippen molar-refractivity contribution in [3.63, 3.8) is 0 Å². The molecule has 1 unspecified atom stereocenters. The first-order chi connectivity index (χ1) is 16.5. The maximum absolute atomic E-state index is 13.9. The molecule has 1 N–H and O–H groups in total. The SMILES string of the molecule is COc1ccccc1C1(N2CCCC[C@H]2CC(=O)N(C)C)C(=O)Nc2cc(C(F)(F)F)c(Cl)cc21. The van der Waals surface area contributed by atoms with Gasteiger partial charge in [0.2, 0.25) is 5.91 Å². The number of halogens is 4.